The Balaban J connectivity index is 1.34. The number of ether oxygens (including phenoxy) is 2. The minimum atomic E-state index is -2.02. The molecule has 4 aliphatic heterocycles. The molecule has 2 atom stereocenters. The first-order chi connectivity index (χ1) is 17.4. The molecule has 0 radical (unpaired) electrons. The molecule has 3 fully saturated rings. The minimum absolute atomic E-state index is 0.137. The number of rotatable bonds is 5. The van der Waals surface area contributed by atoms with Gasteiger partial charge in [0.25, 0.3) is 5.91 Å². The van der Waals surface area contributed by atoms with Gasteiger partial charge in [0.1, 0.15) is 23.7 Å². The minimum Gasteiger partial charge on any atom is -0.457 e. The fraction of sp³-hybridized carbons (Fsp3) is 0.333. The SMILES string of the molecule is NC(=O)C(c1cnccn1)[N+]12CCC(CC1)[C@@H](OC(=O)C1(O)c3ccccc3Oc3ccccc31)C2. The van der Waals surface area contributed by atoms with Crippen molar-refractivity contribution in [2.24, 2.45) is 11.7 Å². The lowest BCUT2D eigenvalue weighted by atomic mass is 9.80. The molecule has 9 nitrogen and oxygen atoms in total. The predicted octanol–water partition coefficient (Wildman–Crippen LogP) is 2.20. The molecule has 184 valence electrons. The monoisotopic (exact) mass is 487 g/mol. The topological polar surface area (TPSA) is 125 Å². The van der Waals surface area contributed by atoms with Crippen LogP contribution in [0.2, 0.25) is 0 Å². The Morgan fingerprint density at radius 3 is 2.28 bits per heavy atom. The molecule has 36 heavy (non-hydrogen) atoms. The molecule has 7 rings (SSSR count). The van der Waals surface area contributed by atoms with E-state index in [1.807, 2.05) is 0 Å². The number of aromatic nitrogens is 2. The lowest BCUT2D eigenvalue weighted by Gasteiger charge is -2.54. The van der Waals surface area contributed by atoms with Crippen LogP contribution in [0, 0.1) is 5.92 Å². The molecule has 0 spiro atoms. The number of esters is 1. The van der Waals surface area contributed by atoms with Gasteiger partial charge in [0.05, 0.1) is 19.3 Å². The maximum Gasteiger partial charge on any atom is 0.348 e. The summed E-state index contributed by atoms with van der Waals surface area (Å²) in [6, 6.07) is 13.2. The maximum absolute atomic E-state index is 13.8. The first kappa shape index (κ1) is 22.6. The second-order valence-electron chi connectivity index (χ2n) is 9.87. The van der Waals surface area contributed by atoms with Crippen molar-refractivity contribution in [3.8, 4) is 11.5 Å². The molecule has 5 heterocycles. The highest BCUT2D eigenvalue weighted by Crippen LogP contribution is 2.48. The van der Waals surface area contributed by atoms with Gasteiger partial charge in [-0.3, -0.25) is 14.8 Å². The van der Waals surface area contributed by atoms with Crippen LogP contribution in [0.4, 0.5) is 0 Å². The number of aliphatic hydroxyl groups is 1. The van der Waals surface area contributed by atoms with Gasteiger partial charge in [-0.05, 0) is 12.1 Å². The zero-order chi connectivity index (χ0) is 24.9. The van der Waals surface area contributed by atoms with Crippen molar-refractivity contribution >= 4 is 11.9 Å². The Morgan fingerprint density at radius 1 is 1.06 bits per heavy atom. The van der Waals surface area contributed by atoms with Gasteiger partial charge in [-0.1, -0.05) is 36.4 Å². The van der Waals surface area contributed by atoms with Crippen LogP contribution in [0.25, 0.3) is 0 Å². The summed E-state index contributed by atoms with van der Waals surface area (Å²) in [5.41, 5.74) is 5.06. The van der Waals surface area contributed by atoms with Crippen LogP contribution in [-0.4, -0.2) is 57.2 Å². The molecule has 1 aromatic heterocycles. The smallest absolute Gasteiger partial charge is 0.348 e. The van der Waals surface area contributed by atoms with Crippen molar-refractivity contribution in [1.82, 2.24) is 9.97 Å². The molecular formula is C27H27N4O5+. The van der Waals surface area contributed by atoms with Crippen LogP contribution < -0.4 is 10.5 Å². The fourth-order valence-electron chi connectivity index (χ4n) is 6.22. The summed E-state index contributed by atoms with van der Waals surface area (Å²) in [6.07, 6.45) is 5.74. The molecule has 3 saturated heterocycles. The molecule has 3 N–H and O–H groups in total. The number of quaternary nitrogens is 1. The molecule has 4 aliphatic rings. The van der Waals surface area contributed by atoms with Crippen molar-refractivity contribution in [2.75, 3.05) is 19.6 Å². The number of carbonyl (C=O) groups is 2. The number of para-hydroxylation sites is 2. The van der Waals surface area contributed by atoms with Crippen molar-refractivity contribution < 1.29 is 28.7 Å². The second-order valence-corrected chi connectivity index (χ2v) is 9.87. The molecule has 9 heteroatoms. The summed E-state index contributed by atoms with van der Waals surface area (Å²) in [5.74, 6) is -0.281. The molecule has 2 aromatic carbocycles. The number of amides is 1. The Kier molecular flexibility index (Phi) is 5.27. The third-order valence-electron chi connectivity index (χ3n) is 7.97. The van der Waals surface area contributed by atoms with E-state index in [1.54, 1.807) is 67.1 Å². The predicted molar refractivity (Wildman–Crippen MR) is 127 cm³/mol. The number of nitrogens with zero attached hydrogens (tertiary/aromatic N) is 3. The van der Waals surface area contributed by atoms with E-state index >= 15 is 0 Å². The lowest BCUT2D eigenvalue weighted by Crippen LogP contribution is -2.67. The van der Waals surface area contributed by atoms with Gasteiger partial charge in [-0.2, -0.15) is 0 Å². The third kappa shape index (κ3) is 3.38. The molecule has 1 amide bonds. The first-order valence-corrected chi connectivity index (χ1v) is 12.1. The Hall–Kier alpha value is -3.82. The van der Waals surface area contributed by atoms with Gasteiger partial charge in [-0.15, -0.1) is 0 Å². The number of piperidine rings is 3. The van der Waals surface area contributed by atoms with Gasteiger partial charge < -0.3 is 24.8 Å². The van der Waals surface area contributed by atoms with Crippen molar-refractivity contribution in [3.05, 3.63) is 83.9 Å². The standard InChI is InChI=1S/C27H26N4O5/c28-25(32)24(20-15-29-11-12-30-20)31-13-9-17(10-14-31)23(16-31)36-26(33)27(34)18-5-1-3-7-21(18)35-22-8-4-2-6-19(22)27/h1-8,11-12,15,17,23-24,34H,9-10,13-14,16H2,(H-,28,32)/p+1/t17?,23-,24?,31?/m0/s1. The van der Waals surface area contributed by atoms with Gasteiger partial charge in [0.2, 0.25) is 11.6 Å². The zero-order valence-electron chi connectivity index (χ0n) is 19.6. The molecular weight excluding hydrogens is 460 g/mol. The van der Waals surface area contributed by atoms with Crippen molar-refractivity contribution in [1.29, 1.82) is 0 Å². The lowest BCUT2D eigenvalue weighted by molar-refractivity contribution is -0.965. The van der Waals surface area contributed by atoms with Crippen LogP contribution in [0.3, 0.4) is 0 Å². The van der Waals surface area contributed by atoms with E-state index in [2.05, 4.69) is 9.97 Å². The van der Waals surface area contributed by atoms with Gasteiger partial charge in [-0.25, -0.2) is 4.79 Å². The normalized spacial score (nSPS) is 26.1. The van der Waals surface area contributed by atoms with Crippen LogP contribution in [0.5, 0.6) is 11.5 Å². The largest absolute Gasteiger partial charge is 0.457 e. The molecule has 0 saturated carbocycles. The number of nitrogens with two attached hydrogens (primary N) is 1. The molecule has 3 aromatic rings. The molecule has 0 aliphatic carbocycles. The number of carbonyl (C=O) groups excluding carboxylic acids is 2. The number of hydrogen-bond donors (Lipinski definition) is 2. The van der Waals surface area contributed by atoms with Gasteiger partial charge >= 0.3 is 5.97 Å². The Morgan fingerprint density at radius 2 is 1.69 bits per heavy atom. The van der Waals surface area contributed by atoms with Crippen LogP contribution in [0.1, 0.15) is 35.7 Å². The Labute approximate surface area is 208 Å². The van der Waals surface area contributed by atoms with E-state index in [4.69, 9.17) is 15.2 Å². The quantitative estimate of drug-likeness (QED) is 0.418. The number of fused-ring (bicyclic) bond motifs is 5. The number of hydrogen-bond acceptors (Lipinski definition) is 7. The summed E-state index contributed by atoms with van der Waals surface area (Å²) < 4.78 is 12.4. The van der Waals surface area contributed by atoms with Crippen LogP contribution in [0.15, 0.2) is 67.1 Å². The average molecular weight is 488 g/mol. The second kappa shape index (κ2) is 8.39. The maximum atomic E-state index is 13.8. The van der Waals surface area contributed by atoms with Crippen molar-refractivity contribution in [2.45, 2.75) is 30.6 Å². The number of primary amides is 1. The molecule has 1 unspecified atom stereocenters. The average Bonchev–Trinajstić information content (AvgIpc) is 2.90. The summed E-state index contributed by atoms with van der Waals surface area (Å²) in [4.78, 5) is 35.0. The highest BCUT2D eigenvalue weighted by Gasteiger charge is 2.56. The number of benzene rings is 2. The third-order valence-corrected chi connectivity index (χ3v) is 7.97. The highest BCUT2D eigenvalue weighted by atomic mass is 16.6. The van der Waals surface area contributed by atoms with E-state index in [0.717, 1.165) is 25.9 Å². The van der Waals surface area contributed by atoms with Crippen molar-refractivity contribution in [3.63, 3.8) is 0 Å². The first-order valence-electron chi connectivity index (χ1n) is 12.1. The summed E-state index contributed by atoms with van der Waals surface area (Å²) in [7, 11) is 0. The molecule has 2 bridgehead atoms. The van der Waals surface area contributed by atoms with E-state index in [1.165, 1.54) is 0 Å². The van der Waals surface area contributed by atoms with E-state index in [-0.39, 0.29) is 5.92 Å². The summed E-state index contributed by atoms with van der Waals surface area (Å²) in [6.45, 7) is 1.87. The highest BCUT2D eigenvalue weighted by molar-refractivity contribution is 5.88. The van der Waals surface area contributed by atoms with E-state index in [0.29, 0.717) is 39.3 Å². The fourth-order valence-corrected chi connectivity index (χ4v) is 6.22. The van der Waals surface area contributed by atoms with Crippen LogP contribution >= 0.6 is 0 Å². The van der Waals surface area contributed by atoms with E-state index < -0.39 is 29.6 Å². The van der Waals surface area contributed by atoms with Gasteiger partial charge in [0, 0.05) is 42.3 Å². The van der Waals surface area contributed by atoms with Gasteiger partial charge in [0.15, 0.2) is 6.10 Å². The summed E-state index contributed by atoms with van der Waals surface area (Å²) in [5, 5.41) is 11.9. The van der Waals surface area contributed by atoms with E-state index in [9.17, 15) is 14.7 Å². The van der Waals surface area contributed by atoms with Crippen LogP contribution in [-0.2, 0) is 19.9 Å². The summed E-state index contributed by atoms with van der Waals surface area (Å²) >= 11 is 0. The zero-order valence-corrected chi connectivity index (χ0v) is 19.6. The Bertz CT molecular complexity index is 1280.